The van der Waals surface area contributed by atoms with E-state index in [1.54, 1.807) is 0 Å². The molecule has 0 N–H and O–H groups in total. The van der Waals surface area contributed by atoms with Gasteiger partial charge in [-0.15, -0.1) is 0 Å². The first-order valence-corrected chi connectivity index (χ1v) is 20.5. The van der Waals surface area contributed by atoms with E-state index in [9.17, 15) is 0 Å². The topological polar surface area (TPSA) is 6.48 Å². The number of rotatable bonds is 6. The minimum Gasteiger partial charge on any atom is -0.309 e. The standard InChI is InChI=1S/C56H40N2/c1-35-31-53(57(43-25-23-37-13-7-17-41(37)33-43)51-21-9-15-39-11-3-5-19-47(39)51)49-30-28-46-36(2)32-54(50-29-27-45(35)55(49)56(46)50)58(44-26-24-38-14-8-18-42(38)34-44)52-22-10-16-40-12-4-6-20-48(40)52/h3-12,15-34H,13-14H2,1-2H3. The predicted molar refractivity (Wildman–Crippen MR) is 249 cm³/mol. The molecule has 0 atom stereocenters. The van der Waals surface area contributed by atoms with Crippen LogP contribution >= 0.6 is 0 Å². The van der Waals surface area contributed by atoms with Gasteiger partial charge in [-0.25, -0.2) is 0 Å². The number of hydrogen-bond donors (Lipinski definition) is 0. The largest absolute Gasteiger partial charge is 0.309 e. The Morgan fingerprint density at radius 1 is 0.362 bits per heavy atom. The third-order valence-electron chi connectivity index (χ3n) is 12.8. The van der Waals surface area contributed by atoms with Gasteiger partial charge in [-0.05, 0) is 141 Å². The van der Waals surface area contributed by atoms with Crippen molar-refractivity contribution in [3.63, 3.8) is 0 Å². The van der Waals surface area contributed by atoms with E-state index in [0.717, 1.165) is 12.8 Å². The van der Waals surface area contributed by atoms with Crippen LogP contribution in [0, 0.1) is 13.8 Å². The summed E-state index contributed by atoms with van der Waals surface area (Å²) in [7, 11) is 0. The van der Waals surface area contributed by atoms with Crippen LogP contribution in [0.1, 0.15) is 33.4 Å². The average molecular weight is 741 g/mol. The first-order valence-electron chi connectivity index (χ1n) is 20.5. The van der Waals surface area contributed by atoms with Crippen molar-refractivity contribution in [2.45, 2.75) is 26.7 Å². The Kier molecular flexibility index (Phi) is 7.22. The van der Waals surface area contributed by atoms with Crippen molar-refractivity contribution in [1.29, 1.82) is 0 Å². The number of nitrogens with zero attached hydrogens (tertiary/aromatic N) is 2. The van der Waals surface area contributed by atoms with E-state index >= 15 is 0 Å². The molecule has 2 heteroatoms. The van der Waals surface area contributed by atoms with Gasteiger partial charge in [0.1, 0.15) is 0 Å². The lowest BCUT2D eigenvalue weighted by Crippen LogP contribution is -2.13. The van der Waals surface area contributed by atoms with Gasteiger partial charge in [0.25, 0.3) is 0 Å². The number of anilines is 6. The molecule has 12 rings (SSSR count). The molecule has 0 spiro atoms. The van der Waals surface area contributed by atoms with Crippen molar-refractivity contribution in [2.24, 2.45) is 0 Å². The van der Waals surface area contributed by atoms with Gasteiger partial charge in [0.05, 0.1) is 22.7 Å². The van der Waals surface area contributed by atoms with Crippen molar-refractivity contribution < 1.29 is 0 Å². The average Bonchev–Trinajstić information content (AvgIpc) is 3.94. The molecule has 2 nitrogen and oxygen atoms in total. The van der Waals surface area contributed by atoms with Crippen LogP contribution in [0.5, 0.6) is 0 Å². The van der Waals surface area contributed by atoms with E-state index in [-0.39, 0.29) is 0 Å². The lowest BCUT2D eigenvalue weighted by atomic mass is 9.88. The third kappa shape index (κ3) is 4.91. The zero-order chi connectivity index (χ0) is 38.5. The summed E-state index contributed by atoms with van der Waals surface area (Å²) in [6.45, 7) is 4.58. The monoisotopic (exact) mass is 740 g/mol. The Morgan fingerprint density at radius 3 is 1.28 bits per heavy atom. The number of hydrogen-bond acceptors (Lipinski definition) is 2. The van der Waals surface area contributed by atoms with Crippen LogP contribution in [0.3, 0.4) is 0 Å². The molecule has 0 saturated heterocycles. The molecule has 2 aliphatic rings. The zero-order valence-electron chi connectivity index (χ0n) is 32.6. The van der Waals surface area contributed by atoms with Crippen LogP contribution in [0.15, 0.2) is 170 Å². The van der Waals surface area contributed by atoms with Crippen LogP contribution in [0.2, 0.25) is 0 Å². The van der Waals surface area contributed by atoms with Crippen molar-refractivity contribution in [3.05, 3.63) is 203 Å². The SMILES string of the molecule is Cc1cc(N(c2ccc3c(c2)C=CC3)c2cccc3ccccc23)c2ccc3c(C)cc(N(c4ccc5c(c4)C=CC5)c4cccc5ccccc45)c4ccc1c2c34. The minimum absolute atomic E-state index is 0.987. The van der Waals surface area contributed by atoms with Crippen molar-refractivity contribution >= 4 is 100 Å². The molecular formula is C56H40N2. The fraction of sp³-hybridized carbons (Fsp3) is 0.0714. The molecule has 274 valence electrons. The van der Waals surface area contributed by atoms with Gasteiger partial charge in [-0.1, -0.05) is 133 Å². The fourth-order valence-electron chi connectivity index (χ4n) is 10.0. The summed E-state index contributed by atoms with van der Waals surface area (Å²) >= 11 is 0. The molecule has 58 heavy (non-hydrogen) atoms. The third-order valence-corrected chi connectivity index (χ3v) is 12.8. The summed E-state index contributed by atoms with van der Waals surface area (Å²) in [4.78, 5) is 5.03. The Morgan fingerprint density at radius 2 is 0.793 bits per heavy atom. The highest BCUT2D eigenvalue weighted by atomic mass is 15.2. The van der Waals surface area contributed by atoms with Gasteiger partial charge in [0, 0.05) is 32.9 Å². The van der Waals surface area contributed by atoms with Crippen LogP contribution in [-0.4, -0.2) is 0 Å². The van der Waals surface area contributed by atoms with E-state index in [1.807, 2.05) is 0 Å². The lowest BCUT2D eigenvalue weighted by molar-refractivity contribution is 1.26. The smallest absolute Gasteiger partial charge is 0.0543 e. The van der Waals surface area contributed by atoms with Crippen LogP contribution in [0.4, 0.5) is 34.1 Å². The van der Waals surface area contributed by atoms with Crippen LogP contribution in [-0.2, 0) is 12.8 Å². The molecule has 0 saturated carbocycles. The van der Waals surface area contributed by atoms with E-state index in [4.69, 9.17) is 0 Å². The second-order valence-electron chi connectivity index (χ2n) is 16.1. The van der Waals surface area contributed by atoms with Crippen molar-refractivity contribution in [3.8, 4) is 0 Å². The summed E-state index contributed by atoms with van der Waals surface area (Å²) in [5.74, 6) is 0. The summed E-state index contributed by atoms with van der Waals surface area (Å²) in [6, 6.07) is 59.4. The van der Waals surface area contributed by atoms with Gasteiger partial charge in [0.15, 0.2) is 0 Å². The molecular weight excluding hydrogens is 701 g/mol. The van der Waals surface area contributed by atoms with Crippen molar-refractivity contribution in [1.82, 2.24) is 0 Å². The summed E-state index contributed by atoms with van der Waals surface area (Å²) in [5.41, 5.74) is 15.0. The molecule has 0 heterocycles. The first-order chi connectivity index (χ1) is 28.6. The maximum absolute atomic E-state index is 2.52. The number of aryl methyl sites for hydroxylation is 2. The van der Waals surface area contributed by atoms with Gasteiger partial charge < -0.3 is 9.80 Å². The Labute approximate surface area is 338 Å². The van der Waals surface area contributed by atoms with Crippen LogP contribution in [0.25, 0.3) is 66.0 Å². The maximum Gasteiger partial charge on any atom is 0.0543 e. The highest BCUT2D eigenvalue weighted by Crippen LogP contribution is 2.51. The highest BCUT2D eigenvalue weighted by Gasteiger charge is 2.26. The molecule has 0 amide bonds. The lowest BCUT2D eigenvalue weighted by Gasteiger charge is -2.31. The Bertz CT molecular complexity index is 3150. The quantitative estimate of drug-likeness (QED) is 0.157. The predicted octanol–water partition coefficient (Wildman–Crippen LogP) is 15.6. The second kappa shape index (κ2) is 12.7. The summed E-state index contributed by atoms with van der Waals surface area (Å²) in [6.07, 6.45) is 11.1. The van der Waals surface area contributed by atoms with Gasteiger partial charge in [-0.3, -0.25) is 0 Å². The fourth-order valence-corrected chi connectivity index (χ4v) is 10.0. The summed E-state index contributed by atoms with van der Waals surface area (Å²) in [5, 5.41) is 12.6. The molecule has 0 aliphatic heterocycles. The van der Waals surface area contributed by atoms with E-state index in [0.29, 0.717) is 0 Å². The Balaban J connectivity index is 1.17. The normalized spacial score (nSPS) is 13.1. The number of fused-ring (bicyclic) bond motifs is 4. The molecule has 0 radical (unpaired) electrons. The highest BCUT2D eigenvalue weighted by molar-refractivity contribution is 6.29. The zero-order valence-corrected chi connectivity index (χ0v) is 32.6. The van der Waals surface area contributed by atoms with E-state index in [1.165, 1.54) is 121 Å². The maximum atomic E-state index is 2.52. The Hall–Kier alpha value is -7.16. The van der Waals surface area contributed by atoms with E-state index in [2.05, 4.69) is 206 Å². The van der Waals surface area contributed by atoms with Crippen LogP contribution < -0.4 is 9.80 Å². The number of benzene rings is 10. The molecule has 10 aromatic rings. The summed E-state index contributed by atoms with van der Waals surface area (Å²) < 4.78 is 0. The molecule has 2 aliphatic carbocycles. The van der Waals surface area contributed by atoms with E-state index < -0.39 is 0 Å². The van der Waals surface area contributed by atoms with Gasteiger partial charge in [0.2, 0.25) is 0 Å². The molecule has 0 aromatic heterocycles. The molecule has 0 bridgehead atoms. The number of allylic oxidation sites excluding steroid dienone is 2. The van der Waals surface area contributed by atoms with Gasteiger partial charge >= 0.3 is 0 Å². The molecule has 0 fully saturated rings. The second-order valence-corrected chi connectivity index (χ2v) is 16.1. The minimum atomic E-state index is 0.987. The molecule has 10 aromatic carbocycles. The first kappa shape index (κ1) is 33.0. The van der Waals surface area contributed by atoms with Crippen molar-refractivity contribution in [2.75, 3.05) is 9.80 Å². The molecule has 0 unspecified atom stereocenters. The van der Waals surface area contributed by atoms with Gasteiger partial charge in [-0.2, -0.15) is 0 Å².